The number of nitrogens with zero attached hydrogens (tertiary/aromatic N) is 2. The van der Waals surface area contributed by atoms with E-state index in [1.807, 2.05) is 61.5 Å². The van der Waals surface area contributed by atoms with E-state index >= 15 is 0 Å². The van der Waals surface area contributed by atoms with Crippen LogP contribution in [-0.4, -0.2) is 16.0 Å². The van der Waals surface area contributed by atoms with Crippen LogP contribution in [0.25, 0.3) is 11.4 Å². The van der Waals surface area contributed by atoms with Gasteiger partial charge in [0.25, 0.3) is 0 Å². The van der Waals surface area contributed by atoms with E-state index in [9.17, 15) is 9.18 Å². The molecule has 5 nitrogen and oxygen atoms in total. The first-order valence-electron chi connectivity index (χ1n) is 10.5. The second kappa shape index (κ2) is 9.56. The average molecular weight is 429 g/mol. The van der Waals surface area contributed by atoms with Crippen LogP contribution in [0.5, 0.6) is 0 Å². The van der Waals surface area contributed by atoms with Gasteiger partial charge >= 0.3 is 0 Å². The molecule has 1 amide bonds. The summed E-state index contributed by atoms with van der Waals surface area (Å²) in [5, 5.41) is 7.03. The molecule has 1 heterocycles. The molecule has 3 aromatic carbocycles. The fourth-order valence-corrected chi connectivity index (χ4v) is 3.42. The van der Waals surface area contributed by atoms with Gasteiger partial charge in [0.2, 0.25) is 17.6 Å². The lowest BCUT2D eigenvalue weighted by Gasteiger charge is -2.20. The highest BCUT2D eigenvalue weighted by Crippen LogP contribution is 2.23. The second-order valence-electron chi connectivity index (χ2n) is 7.80. The zero-order chi connectivity index (χ0) is 22.5. The quantitative estimate of drug-likeness (QED) is 0.431. The second-order valence-corrected chi connectivity index (χ2v) is 7.80. The summed E-state index contributed by atoms with van der Waals surface area (Å²) < 4.78 is 19.1. The number of aryl methyl sites for hydroxylation is 3. The Kier molecular flexibility index (Phi) is 6.40. The van der Waals surface area contributed by atoms with Crippen molar-refractivity contribution in [1.29, 1.82) is 0 Å². The topological polar surface area (TPSA) is 68.0 Å². The first-order chi connectivity index (χ1) is 15.5. The molecule has 0 bridgehead atoms. The van der Waals surface area contributed by atoms with E-state index in [4.69, 9.17) is 4.52 Å². The van der Waals surface area contributed by atoms with Gasteiger partial charge in [-0.3, -0.25) is 4.79 Å². The van der Waals surface area contributed by atoms with Gasteiger partial charge in [-0.15, -0.1) is 0 Å². The van der Waals surface area contributed by atoms with Crippen molar-refractivity contribution in [2.24, 2.45) is 0 Å². The van der Waals surface area contributed by atoms with E-state index in [0.717, 1.165) is 16.7 Å². The third-order valence-corrected chi connectivity index (χ3v) is 5.31. The van der Waals surface area contributed by atoms with Crippen molar-refractivity contribution < 1.29 is 13.7 Å². The molecule has 0 aliphatic carbocycles. The van der Waals surface area contributed by atoms with Crippen LogP contribution in [-0.2, 0) is 11.2 Å². The van der Waals surface area contributed by atoms with Gasteiger partial charge < -0.3 is 9.84 Å². The molecule has 1 N–H and O–H groups in total. The summed E-state index contributed by atoms with van der Waals surface area (Å²) >= 11 is 0. The fraction of sp³-hybridized carbons (Fsp3) is 0.192. The standard InChI is InChI=1S/C26H24FN3O2/c1-17-8-11-20(12-9-17)25(19-6-4-3-5-7-19)28-23(31)14-15-24-29-26(30-32-24)21-13-10-18(2)22(27)16-21/h3-13,16,25H,14-15H2,1-2H3,(H,28,31). The molecular formula is C26H24FN3O2. The molecule has 6 heteroatoms. The third kappa shape index (κ3) is 5.09. The number of amides is 1. The van der Waals surface area contributed by atoms with Crippen LogP contribution in [0, 0.1) is 19.7 Å². The molecule has 4 rings (SSSR count). The van der Waals surface area contributed by atoms with Gasteiger partial charge in [-0.05, 0) is 36.6 Å². The number of rotatable bonds is 7. The van der Waals surface area contributed by atoms with Crippen molar-refractivity contribution in [3.8, 4) is 11.4 Å². The average Bonchev–Trinajstić information content (AvgIpc) is 3.28. The molecule has 0 fully saturated rings. The van der Waals surface area contributed by atoms with Crippen molar-refractivity contribution in [3.05, 3.63) is 107 Å². The summed E-state index contributed by atoms with van der Waals surface area (Å²) in [6.07, 6.45) is 0.488. The molecule has 1 atom stereocenters. The number of carbonyl (C=O) groups excluding carboxylic acids is 1. The number of hydrogen-bond acceptors (Lipinski definition) is 4. The molecule has 0 saturated carbocycles. The largest absolute Gasteiger partial charge is 0.345 e. The SMILES string of the molecule is Cc1ccc(C(NC(=O)CCc2nc(-c3ccc(C)c(F)c3)no2)c2ccccc2)cc1. The minimum absolute atomic E-state index is 0.124. The third-order valence-electron chi connectivity index (χ3n) is 5.31. The number of benzene rings is 3. The van der Waals surface area contributed by atoms with Crippen LogP contribution in [0.4, 0.5) is 4.39 Å². The maximum Gasteiger partial charge on any atom is 0.227 e. The summed E-state index contributed by atoms with van der Waals surface area (Å²) in [4.78, 5) is 17.1. The van der Waals surface area contributed by atoms with Crippen LogP contribution < -0.4 is 5.32 Å². The molecule has 162 valence electrons. The molecular weight excluding hydrogens is 405 g/mol. The Hall–Kier alpha value is -3.80. The van der Waals surface area contributed by atoms with Crippen LogP contribution >= 0.6 is 0 Å². The maximum atomic E-state index is 13.8. The van der Waals surface area contributed by atoms with Crippen molar-refractivity contribution in [2.45, 2.75) is 32.7 Å². The predicted octanol–water partition coefficient (Wildman–Crippen LogP) is 5.33. The minimum atomic E-state index is -0.323. The number of carbonyl (C=O) groups is 1. The summed E-state index contributed by atoms with van der Waals surface area (Å²) in [7, 11) is 0. The van der Waals surface area contributed by atoms with E-state index in [1.54, 1.807) is 19.1 Å². The van der Waals surface area contributed by atoms with Gasteiger partial charge in [0.15, 0.2) is 0 Å². The molecule has 0 saturated heterocycles. The Morgan fingerprint density at radius 3 is 2.44 bits per heavy atom. The zero-order valence-electron chi connectivity index (χ0n) is 18.0. The Labute approximate surface area is 186 Å². The molecule has 0 aliphatic heterocycles. The summed E-state index contributed by atoms with van der Waals surface area (Å²) in [5.41, 5.74) is 4.27. The molecule has 1 unspecified atom stereocenters. The van der Waals surface area contributed by atoms with Crippen LogP contribution in [0.15, 0.2) is 77.3 Å². The Bertz CT molecular complexity index is 1200. The number of halogens is 1. The summed E-state index contributed by atoms with van der Waals surface area (Å²) in [6, 6.07) is 22.5. The number of hydrogen-bond donors (Lipinski definition) is 1. The van der Waals surface area contributed by atoms with Crippen molar-refractivity contribution in [1.82, 2.24) is 15.5 Å². The lowest BCUT2D eigenvalue weighted by atomic mass is 9.97. The maximum absolute atomic E-state index is 13.8. The van der Waals surface area contributed by atoms with Gasteiger partial charge in [0.05, 0.1) is 6.04 Å². The molecule has 4 aromatic rings. The van der Waals surface area contributed by atoms with E-state index in [2.05, 4.69) is 15.5 Å². The molecule has 32 heavy (non-hydrogen) atoms. The van der Waals surface area contributed by atoms with Crippen LogP contribution in [0.1, 0.15) is 40.6 Å². The highest BCUT2D eigenvalue weighted by Gasteiger charge is 2.18. The van der Waals surface area contributed by atoms with Crippen LogP contribution in [0.3, 0.4) is 0 Å². The van der Waals surface area contributed by atoms with Gasteiger partial charge in [-0.25, -0.2) is 4.39 Å². The Morgan fingerprint density at radius 1 is 1.00 bits per heavy atom. The molecule has 0 spiro atoms. The first-order valence-corrected chi connectivity index (χ1v) is 10.5. The van der Waals surface area contributed by atoms with Crippen molar-refractivity contribution in [2.75, 3.05) is 0 Å². The lowest BCUT2D eigenvalue weighted by molar-refractivity contribution is -0.121. The monoisotopic (exact) mass is 429 g/mol. The zero-order valence-corrected chi connectivity index (χ0v) is 18.0. The van der Waals surface area contributed by atoms with Gasteiger partial charge in [-0.1, -0.05) is 77.5 Å². The van der Waals surface area contributed by atoms with E-state index in [1.165, 1.54) is 6.07 Å². The van der Waals surface area contributed by atoms with Crippen molar-refractivity contribution >= 4 is 5.91 Å². The van der Waals surface area contributed by atoms with Gasteiger partial charge in [0, 0.05) is 18.4 Å². The van der Waals surface area contributed by atoms with E-state index < -0.39 is 0 Å². The molecule has 0 radical (unpaired) electrons. The lowest BCUT2D eigenvalue weighted by Crippen LogP contribution is -2.29. The first kappa shape index (κ1) is 21.4. The van der Waals surface area contributed by atoms with Crippen molar-refractivity contribution in [3.63, 3.8) is 0 Å². The summed E-state index contributed by atoms with van der Waals surface area (Å²) in [6.45, 7) is 3.72. The number of nitrogens with one attached hydrogen (secondary N) is 1. The van der Waals surface area contributed by atoms with E-state index in [-0.39, 0.29) is 24.2 Å². The smallest absolute Gasteiger partial charge is 0.227 e. The summed E-state index contributed by atoms with van der Waals surface area (Å²) in [5.74, 6) is 0.195. The fourth-order valence-electron chi connectivity index (χ4n) is 3.42. The van der Waals surface area contributed by atoms with Crippen LogP contribution in [0.2, 0.25) is 0 Å². The molecule has 1 aromatic heterocycles. The predicted molar refractivity (Wildman–Crippen MR) is 120 cm³/mol. The Balaban J connectivity index is 1.43. The molecule has 0 aliphatic rings. The minimum Gasteiger partial charge on any atom is -0.345 e. The van der Waals surface area contributed by atoms with Gasteiger partial charge in [-0.2, -0.15) is 4.98 Å². The highest BCUT2D eigenvalue weighted by atomic mass is 19.1. The van der Waals surface area contributed by atoms with Gasteiger partial charge in [0.1, 0.15) is 5.82 Å². The van der Waals surface area contributed by atoms with E-state index in [0.29, 0.717) is 29.3 Å². The highest BCUT2D eigenvalue weighted by molar-refractivity contribution is 5.77. The Morgan fingerprint density at radius 2 is 1.72 bits per heavy atom. The number of aromatic nitrogens is 2. The normalized spacial score (nSPS) is 11.8.